The molecule has 0 aliphatic rings. The van der Waals surface area contributed by atoms with Crippen LogP contribution in [0.4, 0.5) is 0 Å². The minimum atomic E-state index is 0. The Morgan fingerprint density at radius 2 is 1.88 bits per heavy atom. The maximum Gasteiger partial charge on any atom is 0.185 e. The van der Waals surface area contributed by atoms with Gasteiger partial charge in [-0.1, -0.05) is 20.8 Å². The minimum Gasteiger partial charge on any atom is -0.431 e. The Bertz CT molecular complexity index is 347. The van der Waals surface area contributed by atoms with Crippen molar-refractivity contribution in [3.05, 3.63) is 35.4 Å². The largest absolute Gasteiger partial charge is 0.431 e. The molecule has 91 valence electrons. The standard InChI is InChI=1S/C11H13N2O.C2H6.Y/c1-8-3-5-10(6-4-8)7-11(13)14-9(2)12;1-2;/h3,5-6,12-13H,7H2,1-2H3;1-2H3;/q-1;;. The van der Waals surface area contributed by atoms with Gasteiger partial charge in [-0.05, 0) is 0 Å². The number of hydrogen-bond donors (Lipinski definition) is 2. The van der Waals surface area contributed by atoms with Gasteiger partial charge in [0.15, 0.2) is 11.8 Å². The van der Waals surface area contributed by atoms with E-state index in [1.807, 2.05) is 39.0 Å². The molecule has 0 heterocycles. The zero-order valence-corrected chi connectivity index (χ0v) is 13.8. The van der Waals surface area contributed by atoms with Gasteiger partial charge in [-0.2, -0.15) is 29.8 Å². The second kappa shape index (κ2) is 10.6. The second-order valence-electron chi connectivity index (χ2n) is 3.14. The molecular weight excluding hydrogens is 289 g/mol. The maximum atomic E-state index is 7.43. The van der Waals surface area contributed by atoms with Crippen molar-refractivity contribution in [2.45, 2.75) is 34.1 Å². The molecule has 0 fully saturated rings. The Labute approximate surface area is 129 Å². The van der Waals surface area contributed by atoms with Gasteiger partial charge in [-0.15, -0.1) is 5.56 Å². The summed E-state index contributed by atoms with van der Waals surface area (Å²) in [4.78, 5) is 0. The van der Waals surface area contributed by atoms with Crippen LogP contribution >= 0.6 is 0 Å². The Hall–Kier alpha value is -0.536. The summed E-state index contributed by atoms with van der Waals surface area (Å²) in [5.74, 6) is 0.140. The fraction of sp³-hybridized carbons (Fsp3) is 0.385. The number of rotatable bonds is 2. The van der Waals surface area contributed by atoms with Gasteiger partial charge >= 0.3 is 0 Å². The summed E-state index contributed by atoms with van der Waals surface area (Å²) in [6.07, 6.45) is 0.410. The van der Waals surface area contributed by atoms with Crippen LogP contribution in [0.25, 0.3) is 0 Å². The summed E-state index contributed by atoms with van der Waals surface area (Å²) >= 11 is 0. The molecule has 0 aromatic heterocycles. The van der Waals surface area contributed by atoms with Crippen molar-refractivity contribution >= 4 is 11.8 Å². The normalized spacial score (nSPS) is 8.24. The van der Waals surface area contributed by atoms with E-state index >= 15 is 0 Å². The Morgan fingerprint density at radius 1 is 1.29 bits per heavy atom. The number of nitrogens with one attached hydrogen (secondary N) is 2. The molecule has 0 atom stereocenters. The quantitative estimate of drug-likeness (QED) is 0.491. The molecule has 0 aliphatic heterocycles. The van der Waals surface area contributed by atoms with E-state index in [2.05, 4.69) is 6.07 Å². The molecule has 2 N–H and O–H groups in total. The average Bonchev–Trinajstić information content (AvgIpc) is 2.23. The van der Waals surface area contributed by atoms with Gasteiger partial charge < -0.3 is 4.74 Å². The zero-order chi connectivity index (χ0) is 12.6. The molecule has 1 rings (SSSR count). The molecule has 0 bridgehead atoms. The Morgan fingerprint density at radius 3 is 2.29 bits per heavy atom. The Balaban J connectivity index is 0. The van der Waals surface area contributed by atoms with Gasteiger partial charge in [-0.25, -0.2) is 0 Å². The number of hydrogen-bond acceptors (Lipinski definition) is 3. The van der Waals surface area contributed by atoms with Gasteiger partial charge in [0.2, 0.25) is 0 Å². The summed E-state index contributed by atoms with van der Waals surface area (Å²) in [5.41, 5.74) is 2.05. The third-order valence-corrected chi connectivity index (χ3v) is 1.67. The predicted molar refractivity (Wildman–Crippen MR) is 67.3 cm³/mol. The first-order chi connectivity index (χ1) is 7.58. The molecule has 3 nitrogen and oxygen atoms in total. The van der Waals surface area contributed by atoms with Gasteiger partial charge in [0.25, 0.3) is 0 Å². The summed E-state index contributed by atoms with van der Waals surface area (Å²) < 4.78 is 4.84. The monoisotopic (exact) mass is 308 g/mol. The van der Waals surface area contributed by atoms with Crippen LogP contribution in [0.2, 0.25) is 0 Å². The summed E-state index contributed by atoms with van der Waals surface area (Å²) in [6, 6.07) is 8.77. The van der Waals surface area contributed by atoms with Crippen LogP contribution in [0.15, 0.2) is 18.2 Å². The molecule has 1 aromatic rings. The molecule has 1 aromatic carbocycles. The van der Waals surface area contributed by atoms with E-state index in [4.69, 9.17) is 15.6 Å². The van der Waals surface area contributed by atoms with Crippen LogP contribution in [0.1, 0.15) is 31.9 Å². The first-order valence-electron chi connectivity index (χ1n) is 5.35. The number of aryl methyl sites for hydroxylation is 1. The Kier molecular flexibility index (Phi) is 11.7. The first-order valence-corrected chi connectivity index (χ1v) is 5.35. The second-order valence-corrected chi connectivity index (χ2v) is 3.14. The fourth-order valence-electron chi connectivity index (χ4n) is 1.05. The SMILES string of the molecule is CC.CC(=N)OC(=N)Cc1c[c-]c(C)cc1.[Y]. The van der Waals surface area contributed by atoms with E-state index in [1.54, 1.807) is 0 Å². The van der Waals surface area contributed by atoms with E-state index in [0.717, 1.165) is 11.1 Å². The van der Waals surface area contributed by atoms with Gasteiger partial charge in [0.05, 0.1) is 0 Å². The van der Waals surface area contributed by atoms with Crippen LogP contribution in [0, 0.1) is 23.8 Å². The van der Waals surface area contributed by atoms with E-state index in [0.29, 0.717) is 6.42 Å². The molecule has 17 heavy (non-hydrogen) atoms. The van der Waals surface area contributed by atoms with E-state index < -0.39 is 0 Å². The molecule has 1 radical (unpaired) electrons. The third-order valence-electron chi connectivity index (χ3n) is 1.67. The van der Waals surface area contributed by atoms with Crippen molar-refractivity contribution in [1.29, 1.82) is 10.8 Å². The molecule has 0 spiro atoms. The van der Waals surface area contributed by atoms with Crippen molar-refractivity contribution in [3.63, 3.8) is 0 Å². The third kappa shape index (κ3) is 9.19. The zero-order valence-electron chi connectivity index (χ0n) is 10.9. The van der Waals surface area contributed by atoms with Crippen LogP contribution in [0.3, 0.4) is 0 Å². The topological polar surface area (TPSA) is 56.9 Å². The van der Waals surface area contributed by atoms with Crippen LogP contribution < -0.4 is 0 Å². The van der Waals surface area contributed by atoms with Crippen LogP contribution in [-0.2, 0) is 43.9 Å². The summed E-state index contributed by atoms with van der Waals surface area (Å²) in [5, 5.41) is 14.5. The molecule has 0 aliphatic carbocycles. The number of ether oxygens (including phenoxy) is 1. The fourth-order valence-corrected chi connectivity index (χ4v) is 1.05. The van der Waals surface area contributed by atoms with E-state index in [-0.39, 0.29) is 44.5 Å². The molecule has 4 heteroatoms. The molecule has 0 saturated carbocycles. The van der Waals surface area contributed by atoms with Gasteiger partial charge in [-0.3, -0.25) is 10.8 Å². The van der Waals surface area contributed by atoms with E-state index in [1.165, 1.54) is 6.92 Å². The van der Waals surface area contributed by atoms with Crippen LogP contribution in [0.5, 0.6) is 0 Å². The number of benzene rings is 1. The predicted octanol–water partition coefficient (Wildman–Crippen LogP) is 3.35. The summed E-state index contributed by atoms with van der Waals surface area (Å²) in [6.45, 7) is 7.48. The van der Waals surface area contributed by atoms with Gasteiger partial charge in [0.1, 0.15) is 0 Å². The van der Waals surface area contributed by atoms with Crippen molar-refractivity contribution in [2.24, 2.45) is 0 Å². The molecule has 0 amide bonds. The van der Waals surface area contributed by atoms with Crippen molar-refractivity contribution in [3.8, 4) is 0 Å². The van der Waals surface area contributed by atoms with E-state index in [9.17, 15) is 0 Å². The van der Waals surface area contributed by atoms with Crippen LogP contribution in [-0.4, -0.2) is 11.8 Å². The van der Waals surface area contributed by atoms with Gasteiger partial charge in [0, 0.05) is 46.1 Å². The minimum absolute atomic E-state index is 0. The molecule has 0 unspecified atom stereocenters. The van der Waals surface area contributed by atoms with Crippen molar-refractivity contribution in [2.75, 3.05) is 0 Å². The van der Waals surface area contributed by atoms with Crippen molar-refractivity contribution < 1.29 is 37.4 Å². The smallest absolute Gasteiger partial charge is 0.185 e. The molecular formula is C13H19N2OY-. The maximum absolute atomic E-state index is 7.43. The molecule has 0 saturated heterocycles. The van der Waals surface area contributed by atoms with Crippen molar-refractivity contribution in [1.82, 2.24) is 0 Å². The average molecular weight is 308 g/mol. The summed E-state index contributed by atoms with van der Waals surface area (Å²) in [7, 11) is 0. The first kappa shape index (κ1) is 18.8.